The molecule has 136 valence electrons. The van der Waals surface area contributed by atoms with E-state index < -0.39 is 0 Å². The normalized spacial score (nSPS) is 11.3. The Balaban J connectivity index is 1.83. The van der Waals surface area contributed by atoms with Gasteiger partial charge in [-0.05, 0) is 46.1 Å². The first-order chi connectivity index (χ1) is 12.2. The van der Waals surface area contributed by atoms with Gasteiger partial charge in [-0.2, -0.15) is 5.10 Å². The number of nitrogens with one attached hydrogen (secondary N) is 2. The Labute approximate surface area is 156 Å². The molecule has 0 spiro atoms. The monoisotopic (exact) mass is 409 g/mol. The minimum Gasteiger partial charge on any atom is -0.493 e. The van der Waals surface area contributed by atoms with E-state index in [0.717, 1.165) is 35.5 Å². The molecule has 0 amide bonds. The third kappa shape index (κ3) is 5.67. The maximum Gasteiger partial charge on any atom is 0.191 e. The van der Waals surface area contributed by atoms with E-state index in [0.29, 0.717) is 18.0 Å². The number of guanidine groups is 1. The van der Waals surface area contributed by atoms with Crippen LogP contribution < -0.4 is 20.1 Å². The van der Waals surface area contributed by atoms with Crippen LogP contribution in [0.5, 0.6) is 11.5 Å². The van der Waals surface area contributed by atoms with Gasteiger partial charge in [0.2, 0.25) is 0 Å². The lowest BCUT2D eigenvalue weighted by Crippen LogP contribution is -2.37. The van der Waals surface area contributed by atoms with E-state index in [1.54, 1.807) is 27.5 Å². The average Bonchev–Trinajstić information content (AvgIpc) is 3.14. The van der Waals surface area contributed by atoms with Gasteiger partial charge >= 0.3 is 0 Å². The van der Waals surface area contributed by atoms with Crippen molar-refractivity contribution in [2.75, 3.05) is 27.8 Å². The van der Waals surface area contributed by atoms with Gasteiger partial charge in [0.1, 0.15) is 0 Å². The average molecular weight is 410 g/mol. The Morgan fingerprint density at radius 1 is 1.28 bits per heavy atom. The lowest BCUT2D eigenvalue weighted by atomic mass is 10.2. The topological polar surface area (TPSA) is 72.7 Å². The zero-order valence-electron chi connectivity index (χ0n) is 14.8. The predicted octanol–water partition coefficient (Wildman–Crippen LogP) is 2.42. The van der Waals surface area contributed by atoms with Gasteiger partial charge in [-0.25, -0.2) is 0 Å². The summed E-state index contributed by atoms with van der Waals surface area (Å²) in [6.45, 7) is 2.31. The minimum absolute atomic E-state index is 0.623. The number of ether oxygens (including phenoxy) is 2. The SMILES string of the molecule is CN=C(NCCCn1cccn1)NCc1cc(Br)c(OC)c(OC)c1. The summed E-state index contributed by atoms with van der Waals surface area (Å²) in [6.07, 6.45) is 4.71. The molecule has 0 saturated heterocycles. The van der Waals surface area contributed by atoms with E-state index in [1.807, 2.05) is 29.1 Å². The third-order valence-corrected chi connectivity index (χ3v) is 4.18. The van der Waals surface area contributed by atoms with E-state index in [4.69, 9.17) is 9.47 Å². The van der Waals surface area contributed by atoms with Gasteiger partial charge in [0, 0.05) is 39.1 Å². The van der Waals surface area contributed by atoms with Crippen molar-refractivity contribution in [3.63, 3.8) is 0 Å². The fourth-order valence-electron chi connectivity index (χ4n) is 2.36. The Morgan fingerprint density at radius 2 is 2.12 bits per heavy atom. The predicted molar refractivity (Wildman–Crippen MR) is 102 cm³/mol. The van der Waals surface area contributed by atoms with Crippen molar-refractivity contribution in [2.24, 2.45) is 4.99 Å². The summed E-state index contributed by atoms with van der Waals surface area (Å²) < 4.78 is 13.5. The zero-order valence-corrected chi connectivity index (χ0v) is 16.3. The van der Waals surface area contributed by atoms with Gasteiger partial charge in [0.15, 0.2) is 17.5 Å². The molecular formula is C17H24BrN5O2. The number of aryl methyl sites for hydroxylation is 1. The molecule has 0 bridgehead atoms. The van der Waals surface area contributed by atoms with Crippen LogP contribution in [0, 0.1) is 0 Å². The fraction of sp³-hybridized carbons (Fsp3) is 0.412. The first-order valence-corrected chi connectivity index (χ1v) is 8.79. The molecule has 25 heavy (non-hydrogen) atoms. The van der Waals surface area contributed by atoms with Gasteiger partial charge in [0.05, 0.1) is 18.7 Å². The third-order valence-electron chi connectivity index (χ3n) is 3.59. The first kappa shape index (κ1) is 19.1. The van der Waals surface area contributed by atoms with Crippen LogP contribution in [0.25, 0.3) is 0 Å². The second kappa shape index (κ2) is 9.93. The van der Waals surface area contributed by atoms with E-state index in [1.165, 1.54) is 0 Å². The van der Waals surface area contributed by atoms with Crippen LogP contribution in [-0.4, -0.2) is 43.6 Å². The van der Waals surface area contributed by atoms with Crippen molar-refractivity contribution < 1.29 is 9.47 Å². The fourth-order valence-corrected chi connectivity index (χ4v) is 3.01. The molecule has 0 aliphatic carbocycles. The van der Waals surface area contributed by atoms with Gasteiger partial charge in [-0.3, -0.25) is 9.67 Å². The summed E-state index contributed by atoms with van der Waals surface area (Å²) in [6, 6.07) is 5.87. The van der Waals surface area contributed by atoms with Crippen LogP contribution in [0.3, 0.4) is 0 Å². The van der Waals surface area contributed by atoms with Crippen LogP contribution in [0.15, 0.2) is 40.1 Å². The molecule has 0 saturated carbocycles. The number of aromatic nitrogens is 2. The van der Waals surface area contributed by atoms with Crippen LogP contribution in [0.1, 0.15) is 12.0 Å². The number of nitrogens with zero attached hydrogens (tertiary/aromatic N) is 3. The lowest BCUT2D eigenvalue weighted by molar-refractivity contribution is 0.352. The highest BCUT2D eigenvalue weighted by Gasteiger charge is 2.10. The van der Waals surface area contributed by atoms with Crippen LogP contribution >= 0.6 is 15.9 Å². The van der Waals surface area contributed by atoms with Crippen molar-refractivity contribution in [3.8, 4) is 11.5 Å². The number of rotatable bonds is 8. The molecule has 0 aliphatic heterocycles. The summed E-state index contributed by atoms with van der Waals surface area (Å²) in [7, 11) is 5.00. The molecule has 0 fully saturated rings. The largest absolute Gasteiger partial charge is 0.493 e. The second-order valence-corrected chi connectivity index (χ2v) is 6.14. The second-order valence-electron chi connectivity index (χ2n) is 5.29. The summed E-state index contributed by atoms with van der Waals surface area (Å²) in [5, 5.41) is 10.8. The Kier molecular flexibility index (Phi) is 7.59. The quantitative estimate of drug-likeness (QED) is 0.397. The first-order valence-electron chi connectivity index (χ1n) is 8.00. The maximum atomic E-state index is 5.37. The highest BCUT2D eigenvalue weighted by Crippen LogP contribution is 2.36. The Hall–Kier alpha value is -2.22. The molecule has 1 aromatic carbocycles. The maximum absolute atomic E-state index is 5.37. The van der Waals surface area contributed by atoms with Gasteiger partial charge < -0.3 is 20.1 Å². The van der Waals surface area contributed by atoms with Crippen LogP contribution in [0.4, 0.5) is 0 Å². The molecule has 0 atom stereocenters. The number of methoxy groups -OCH3 is 2. The standard InChI is InChI=1S/C17H24BrN5O2/c1-19-17(20-6-4-8-23-9-5-7-22-23)21-12-13-10-14(18)16(25-3)15(11-13)24-2/h5,7,9-11H,4,6,8,12H2,1-3H3,(H2,19,20,21). The number of aliphatic imine (C=N–C) groups is 1. The molecule has 2 aromatic rings. The summed E-state index contributed by atoms with van der Waals surface area (Å²) in [4.78, 5) is 4.24. The smallest absolute Gasteiger partial charge is 0.191 e. The summed E-state index contributed by atoms with van der Waals surface area (Å²) >= 11 is 3.51. The number of hydrogen-bond acceptors (Lipinski definition) is 4. The zero-order chi connectivity index (χ0) is 18.1. The minimum atomic E-state index is 0.623. The molecule has 2 N–H and O–H groups in total. The van der Waals surface area contributed by atoms with Crippen molar-refractivity contribution in [2.45, 2.75) is 19.5 Å². The molecule has 1 aromatic heterocycles. The van der Waals surface area contributed by atoms with Gasteiger partial charge in [-0.15, -0.1) is 0 Å². The van der Waals surface area contributed by atoms with Gasteiger partial charge in [0.25, 0.3) is 0 Å². The van der Waals surface area contributed by atoms with Crippen molar-refractivity contribution >= 4 is 21.9 Å². The van der Waals surface area contributed by atoms with Crippen molar-refractivity contribution in [1.82, 2.24) is 20.4 Å². The molecule has 0 aliphatic rings. The lowest BCUT2D eigenvalue weighted by Gasteiger charge is -2.14. The molecule has 8 heteroatoms. The van der Waals surface area contributed by atoms with E-state index >= 15 is 0 Å². The molecule has 1 heterocycles. The van der Waals surface area contributed by atoms with Crippen LogP contribution in [-0.2, 0) is 13.1 Å². The van der Waals surface area contributed by atoms with Crippen molar-refractivity contribution in [3.05, 3.63) is 40.6 Å². The van der Waals surface area contributed by atoms with E-state index in [2.05, 4.69) is 36.7 Å². The number of halogens is 1. The van der Waals surface area contributed by atoms with Crippen LogP contribution in [0.2, 0.25) is 0 Å². The van der Waals surface area contributed by atoms with Gasteiger partial charge in [-0.1, -0.05) is 0 Å². The Morgan fingerprint density at radius 3 is 2.76 bits per heavy atom. The molecular weight excluding hydrogens is 386 g/mol. The molecule has 0 radical (unpaired) electrons. The van der Waals surface area contributed by atoms with E-state index in [-0.39, 0.29) is 0 Å². The molecule has 0 unspecified atom stereocenters. The number of benzene rings is 1. The highest BCUT2D eigenvalue weighted by molar-refractivity contribution is 9.10. The summed E-state index contributed by atoms with van der Waals surface area (Å²) in [5.41, 5.74) is 1.06. The van der Waals surface area contributed by atoms with Crippen molar-refractivity contribution in [1.29, 1.82) is 0 Å². The highest BCUT2D eigenvalue weighted by atomic mass is 79.9. The molecule has 2 rings (SSSR count). The van der Waals surface area contributed by atoms with E-state index in [9.17, 15) is 0 Å². The molecule has 7 nitrogen and oxygen atoms in total. The summed E-state index contributed by atoms with van der Waals surface area (Å²) in [5.74, 6) is 2.13. The number of hydrogen-bond donors (Lipinski definition) is 2. The Bertz CT molecular complexity index is 689.